The summed E-state index contributed by atoms with van der Waals surface area (Å²) in [5, 5.41) is 9.46. The lowest BCUT2D eigenvalue weighted by atomic mass is 9.42. The molecule has 0 amide bonds. The van der Waals surface area contributed by atoms with E-state index in [0.717, 1.165) is 71.9 Å². The first-order valence-electron chi connectivity index (χ1n) is 13.1. The molecule has 0 atom stereocenters. The van der Waals surface area contributed by atoms with Crippen molar-refractivity contribution < 1.29 is 4.39 Å². The highest BCUT2D eigenvalue weighted by atomic mass is 32.2. The van der Waals surface area contributed by atoms with Gasteiger partial charge in [0.1, 0.15) is 12.0 Å². The Bertz CT molecular complexity index is 1640. The molecule has 0 spiro atoms. The molecule has 5 heterocycles. The Morgan fingerprint density at radius 2 is 1.89 bits per heavy atom. The van der Waals surface area contributed by atoms with Crippen LogP contribution in [0.4, 0.5) is 4.39 Å². The van der Waals surface area contributed by atoms with Gasteiger partial charge in [0.15, 0.2) is 5.82 Å². The van der Waals surface area contributed by atoms with Crippen molar-refractivity contribution in [2.45, 2.75) is 49.5 Å². The van der Waals surface area contributed by atoms with E-state index < -0.39 is 5.67 Å². The van der Waals surface area contributed by atoms with Crippen LogP contribution < -0.4 is 5.32 Å². The van der Waals surface area contributed by atoms with Gasteiger partial charge in [-0.15, -0.1) is 0 Å². The summed E-state index contributed by atoms with van der Waals surface area (Å²) in [7, 11) is 0. The number of aromatic amines is 1. The van der Waals surface area contributed by atoms with Crippen LogP contribution in [0.5, 0.6) is 0 Å². The van der Waals surface area contributed by atoms with Crippen LogP contribution in [0, 0.1) is 5.41 Å². The van der Waals surface area contributed by atoms with Crippen molar-refractivity contribution in [2.24, 2.45) is 5.41 Å². The molecule has 5 aromatic rings. The third kappa shape index (κ3) is 3.87. The summed E-state index contributed by atoms with van der Waals surface area (Å²) in [5.74, 6) is 2.83. The molecule has 0 radical (unpaired) electrons. The van der Waals surface area contributed by atoms with Crippen molar-refractivity contribution in [3.05, 3.63) is 83.8 Å². The Balaban J connectivity index is 0.945. The monoisotopic (exact) mass is 525 g/mol. The summed E-state index contributed by atoms with van der Waals surface area (Å²) in [6, 6.07) is 10.8. The molecule has 0 saturated heterocycles. The zero-order valence-corrected chi connectivity index (χ0v) is 21.8. The molecular weight excluding hydrogens is 497 g/mol. The van der Waals surface area contributed by atoms with E-state index in [1.165, 1.54) is 16.5 Å². The fraction of sp³-hybridized carbons (Fsp3) is 0.345. The summed E-state index contributed by atoms with van der Waals surface area (Å²) in [5.41, 5.74) is 7.57. The van der Waals surface area contributed by atoms with E-state index in [1.807, 2.05) is 28.8 Å². The van der Waals surface area contributed by atoms with Gasteiger partial charge in [0, 0.05) is 60.0 Å². The van der Waals surface area contributed by atoms with Gasteiger partial charge >= 0.3 is 0 Å². The minimum Gasteiger partial charge on any atom is -0.357 e. The van der Waals surface area contributed by atoms with Gasteiger partial charge in [-0.2, -0.15) is 16.9 Å². The molecule has 9 rings (SSSR count). The first kappa shape index (κ1) is 22.5. The van der Waals surface area contributed by atoms with Crippen molar-refractivity contribution in [1.82, 2.24) is 34.6 Å². The first-order valence-corrected chi connectivity index (χ1v) is 14.3. The van der Waals surface area contributed by atoms with Crippen molar-refractivity contribution in [2.75, 3.05) is 6.54 Å². The van der Waals surface area contributed by atoms with Crippen molar-refractivity contribution in [3.8, 4) is 17.1 Å². The second-order valence-electron chi connectivity index (χ2n) is 11.4. The van der Waals surface area contributed by atoms with Crippen molar-refractivity contribution in [1.29, 1.82) is 0 Å². The molecule has 4 aliphatic rings. The molecule has 3 aliphatic carbocycles. The number of halogens is 1. The molecule has 3 saturated carbocycles. The number of alkyl halides is 1. The van der Waals surface area contributed by atoms with Gasteiger partial charge in [0.2, 0.25) is 0 Å². The summed E-state index contributed by atoms with van der Waals surface area (Å²) in [6.07, 6.45) is 12.1. The number of H-pyrrole nitrogens is 1. The van der Waals surface area contributed by atoms with E-state index in [1.54, 1.807) is 6.33 Å². The SMILES string of the molecule is FC12CC(CNCc3cc4ccc(Cn5cnc(-c6cncc(-n7cc8c(c7)CSC8)c6)n5)cc4[nH]3)(C1)C2. The largest absolute Gasteiger partial charge is 0.357 e. The topological polar surface area (TPSA) is 76.3 Å². The molecule has 0 unspecified atom stereocenters. The Morgan fingerprint density at radius 3 is 2.71 bits per heavy atom. The average Bonchev–Trinajstić information content (AvgIpc) is 3.66. The van der Waals surface area contributed by atoms with E-state index in [4.69, 9.17) is 5.10 Å². The number of benzene rings is 1. The summed E-state index contributed by atoms with van der Waals surface area (Å²) in [4.78, 5) is 12.6. The predicted octanol–water partition coefficient (Wildman–Crippen LogP) is 5.39. The first-order chi connectivity index (χ1) is 18.5. The maximum Gasteiger partial charge on any atom is 0.182 e. The second kappa shape index (κ2) is 8.28. The van der Waals surface area contributed by atoms with Crippen LogP contribution in [0.25, 0.3) is 28.0 Å². The van der Waals surface area contributed by atoms with Crippen molar-refractivity contribution in [3.63, 3.8) is 0 Å². The van der Waals surface area contributed by atoms with E-state index in [2.05, 4.69) is 67.6 Å². The summed E-state index contributed by atoms with van der Waals surface area (Å²) < 4.78 is 17.8. The number of pyridine rings is 1. The maximum atomic E-state index is 13.7. The zero-order chi connectivity index (χ0) is 25.3. The molecule has 3 fully saturated rings. The number of hydrogen-bond donors (Lipinski definition) is 2. The van der Waals surface area contributed by atoms with Crippen LogP contribution in [-0.4, -0.2) is 41.5 Å². The molecular formula is C29H28FN7S. The van der Waals surface area contributed by atoms with Crippen LogP contribution in [0.2, 0.25) is 0 Å². The second-order valence-corrected chi connectivity index (χ2v) is 12.4. The molecule has 1 aromatic carbocycles. The van der Waals surface area contributed by atoms with Crippen LogP contribution in [0.15, 0.2) is 61.4 Å². The Morgan fingerprint density at radius 1 is 1.05 bits per heavy atom. The third-order valence-electron chi connectivity index (χ3n) is 8.31. The van der Waals surface area contributed by atoms with Crippen molar-refractivity contribution >= 4 is 22.7 Å². The minimum absolute atomic E-state index is 0.226. The molecule has 2 bridgehead atoms. The van der Waals surface area contributed by atoms with E-state index in [0.29, 0.717) is 12.4 Å². The molecule has 2 N–H and O–H groups in total. The normalized spacial score (nSPS) is 23.4. The van der Waals surface area contributed by atoms with Crippen LogP contribution in [-0.2, 0) is 24.6 Å². The molecule has 38 heavy (non-hydrogen) atoms. The summed E-state index contributed by atoms with van der Waals surface area (Å²) in [6.45, 7) is 2.31. The van der Waals surface area contributed by atoms with Gasteiger partial charge in [-0.05, 0) is 65.0 Å². The van der Waals surface area contributed by atoms with Gasteiger partial charge in [-0.1, -0.05) is 12.1 Å². The minimum atomic E-state index is -0.826. The number of aromatic nitrogens is 6. The number of fused-ring (bicyclic) bond motifs is 2. The third-order valence-corrected chi connectivity index (χ3v) is 9.34. The fourth-order valence-electron chi connectivity index (χ4n) is 6.54. The Kier molecular flexibility index (Phi) is 4.91. The number of nitrogens with zero attached hydrogens (tertiary/aromatic N) is 5. The molecule has 192 valence electrons. The number of hydrogen-bond acceptors (Lipinski definition) is 5. The van der Waals surface area contributed by atoms with Crippen LogP contribution >= 0.6 is 11.8 Å². The average molecular weight is 526 g/mol. The summed E-state index contributed by atoms with van der Waals surface area (Å²) >= 11 is 1.96. The lowest BCUT2D eigenvalue weighted by molar-refractivity contribution is -0.209. The highest BCUT2D eigenvalue weighted by molar-refractivity contribution is 7.98. The predicted molar refractivity (Wildman–Crippen MR) is 147 cm³/mol. The van der Waals surface area contributed by atoms with Gasteiger partial charge in [0.25, 0.3) is 0 Å². The molecule has 7 nitrogen and oxygen atoms in total. The number of rotatable bonds is 8. The fourth-order valence-corrected chi connectivity index (χ4v) is 7.60. The quantitative estimate of drug-likeness (QED) is 0.284. The zero-order valence-electron chi connectivity index (χ0n) is 21.0. The molecule has 4 aromatic heterocycles. The maximum absolute atomic E-state index is 13.7. The number of thioether (sulfide) groups is 1. The van der Waals surface area contributed by atoms with E-state index in [-0.39, 0.29) is 5.41 Å². The Hall–Kier alpha value is -3.43. The van der Waals surface area contributed by atoms with Gasteiger partial charge < -0.3 is 14.9 Å². The highest BCUT2D eigenvalue weighted by Crippen LogP contribution is 2.69. The molecule has 1 aliphatic heterocycles. The smallest absolute Gasteiger partial charge is 0.182 e. The number of nitrogens with one attached hydrogen (secondary N) is 2. The van der Waals surface area contributed by atoms with Crippen LogP contribution in [0.1, 0.15) is 41.6 Å². The highest BCUT2D eigenvalue weighted by Gasteiger charge is 2.68. The van der Waals surface area contributed by atoms with E-state index in [9.17, 15) is 4.39 Å². The Labute approximate surface area is 223 Å². The lowest BCUT2D eigenvalue weighted by Crippen LogP contribution is -2.67. The van der Waals surface area contributed by atoms with Crippen LogP contribution in [0.3, 0.4) is 0 Å². The lowest BCUT2D eigenvalue weighted by Gasteiger charge is -2.66. The van der Waals surface area contributed by atoms with Gasteiger partial charge in [0.05, 0.1) is 18.4 Å². The van der Waals surface area contributed by atoms with Gasteiger partial charge in [-0.3, -0.25) is 4.98 Å². The van der Waals surface area contributed by atoms with E-state index >= 15 is 0 Å². The standard InChI is InChI=1S/C29H28FN7S/c30-29-14-28(15-29,16-29)17-32-7-24-4-20-2-1-19(3-26(20)34-24)9-37-18-33-27(35-37)21-5-25(8-31-6-21)36-10-22-12-38-13-23(22)11-36/h1-6,8,10-11,18,32,34H,7,9,12-17H2. The molecule has 9 heteroatoms. The van der Waals surface area contributed by atoms with Gasteiger partial charge in [-0.25, -0.2) is 14.1 Å².